The van der Waals surface area contributed by atoms with Crippen LogP contribution in [-0.4, -0.2) is 42.0 Å². The van der Waals surface area contributed by atoms with Crippen LogP contribution in [0.25, 0.3) is 16.9 Å². The summed E-state index contributed by atoms with van der Waals surface area (Å²) in [4.78, 5) is 10.9. The van der Waals surface area contributed by atoms with Gasteiger partial charge in [-0.15, -0.1) is 13.2 Å². The van der Waals surface area contributed by atoms with E-state index in [4.69, 9.17) is 14.5 Å². The molecule has 0 saturated heterocycles. The number of imidazole rings is 1. The van der Waals surface area contributed by atoms with Crippen molar-refractivity contribution < 1.29 is 27.4 Å². The second-order valence-electron chi connectivity index (χ2n) is 6.77. The first-order chi connectivity index (χ1) is 15.3. The van der Waals surface area contributed by atoms with Crippen molar-refractivity contribution in [3.63, 3.8) is 0 Å². The first kappa shape index (κ1) is 21.3. The number of alkyl halides is 3. The number of fused-ring (bicyclic) bond motifs is 1. The molecule has 0 fully saturated rings. The van der Waals surface area contributed by atoms with Gasteiger partial charge in [0.25, 0.3) is 0 Å². The van der Waals surface area contributed by atoms with Gasteiger partial charge in [0, 0.05) is 36.8 Å². The highest BCUT2D eigenvalue weighted by molar-refractivity contribution is 5.71. The third kappa shape index (κ3) is 4.25. The monoisotopic (exact) mass is 444 g/mol. The summed E-state index contributed by atoms with van der Waals surface area (Å²) in [5, 5.41) is 0. The first-order valence-electron chi connectivity index (χ1n) is 9.45. The number of rotatable bonds is 6. The Balaban J connectivity index is 1.74. The Bertz CT molecular complexity index is 1240. The molecule has 0 unspecified atom stereocenters. The molecule has 10 heteroatoms. The molecule has 0 radical (unpaired) electrons. The van der Waals surface area contributed by atoms with Gasteiger partial charge < -0.3 is 19.1 Å². The predicted octanol–water partition coefficient (Wildman–Crippen LogP) is 5.08. The SMILES string of the molecule is COc1ccc(-c2cc3nccn3c(N(C)c3ccc(OC(F)(F)F)cc3)n2)cc1OC. The van der Waals surface area contributed by atoms with Crippen molar-refractivity contribution in [1.29, 1.82) is 0 Å². The predicted molar refractivity (Wildman–Crippen MR) is 113 cm³/mol. The molecule has 0 spiro atoms. The third-order valence-electron chi connectivity index (χ3n) is 4.81. The Kier molecular flexibility index (Phi) is 5.52. The number of anilines is 2. The minimum atomic E-state index is -4.74. The normalized spacial score (nSPS) is 11.4. The summed E-state index contributed by atoms with van der Waals surface area (Å²) < 4.78 is 53.7. The standard InChI is InChI=1S/C22H19F3N4O3/c1-28(15-5-7-16(8-6-15)32-22(23,24)25)21-27-17(13-20-26-10-11-29(20)21)14-4-9-18(30-2)19(12-14)31-3/h4-13H,1-3H3. The number of ether oxygens (including phenoxy) is 3. The molecular formula is C22H19F3N4O3. The maximum absolute atomic E-state index is 12.4. The van der Waals surface area contributed by atoms with E-state index in [9.17, 15) is 13.2 Å². The fourth-order valence-corrected chi connectivity index (χ4v) is 3.27. The van der Waals surface area contributed by atoms with E-state index in [1.165, 1.54) is 24.3 Å². The molecule has 4 aromatic rings. The van der Waals surface area contributed by atoms with Gasteiger partial charge in [0.05, 0.1) is 19.9 Å². The minimum absolute atomic E-state index is 0.297. The maximum atomic E-state index is 12.4. The average Bonchev–Trinajstić information content (AvgIpc) is 3.25. The zero-order valence-corrected chi connectivity index (χ0v) is 17.4. The molecule has 0 aliphatic carbocycles. The highest BCUT2D eigenvalue weighted by Gasteiger charge is 2.31. The molecule has 0 aliphatic rings. The van der Waals surface area contributed by atoms with E-state index in [0.717, 1.165) is 5.56 Å². The fraction of sp³-hybridized carbons (Fsp3) is 0.182. The van der Waals surface area contributed by atoms with Crippen molar-refractivity contribution in [3.8, 4) is 28.5 Å². The van der Waals surface area contributed by atoms with Gasteiger partial charge in [-0.2, -0.15) is 0 Å². The van der Waals surface area contributed by atoms with Crippen LogP contribution in [0.1, 0.15) is 0 Å². The van der Waals surface area contributed by atoms with Crippen LogP contribution in [0.5, 0.6) is 17.2 Å². The van der Waals surface area contributed by atoms with Crippen molar-refractivity contribution in [2.45, 2.75) is 6.36 Å². The summed E-state index contributed by atoms with van der Waals surface area (Å²) in [6, 6.07) is 12.8. The van der Waals surface area contributed by atoms with Gasteiger partial charge in [-0.05, 0) is 42.5 Å². The van der Waals surface area contributed by atoms with E-state index in [1.807, 2.05) is 18.2 Å². The van der Waals surface area contributed by atoms with Gasteiger partial charge in [-0.1, -0.05) is 0 Å². The second-order valence-corrected chi connectivity index (χ2v) is 6.77. The third-order valence-corrected chi connectivity index (χ3v) is 4.81. The molecule has 2 aromatic carbocycles. The molecule has 0 aliphatic heterocycles. The Morgan fingerprint density at radius 3 is 2.31 bits per heavy atom. The Hall–Kier alpha value is -3.95. The molecule has 166 valence electrons. The Morgan fingerprint density at radius 1 is 0.938 bits per heavy atom. The first-order valence-corrected chi connectivity index (χ1v) is 9.45. The Labute approximate surface area is 181 Å². The van der Waals surface area contributed by atoms with Crippen LogP contribution in [0.4, 0.5) is 24.8 Å². The van der Waals surface area contributed by atoms with E-state index in [0.29, 0.717) is 34.5 Å². The van der Waals surface area contributed by atoms with Gasteiger partial charge in [-0.3, -0.25) is 4.40 Å². The lowest BCUT2D eigenvalue weighted by molar-refractivity contribution is -0.274. The quantitative estimate of drug-likeness (QED) is 0.413. The number of halogens is 3. The minimum Gasteiger partial charge on any atom is -0.493 e. The van der Waals surface area contributed by atoms with E-state index < -0.39 is 6.36 Å². The lowest BCUT2D eigenvalue weighted by Crippen LogP contribution is -2.18. The van der Waals surface area contributed by atoms with E-state index in [-0.39, 0.29) is 5.75 Å². The lowest BCUT2D eigenvalue weighted by Gasteiger charge is -2.21. The van der Waals surface area contributed by atoms with Crippen molar-refractivity contribution in [2.75, 3.05) is 26.2 Å². The van der Waals surface area contributed by atoms with Crippen LogP contribution < -0.4 is 19.1 Å². The molecule has 7 nitrogen and oxygen atoms in total. The summed E-state index contributed by atoms with van der Waals surface area (Å²) in [6.07, 6.45) is -1.34. The van der Waals surface area contributed by atoms with Crippen LogP contribution in [0, 0.1) is 0 Å². The zero-order chi connectivity index (χ0) is 22.9. The molecule has 2 heterocycles. The largest absolute Gasteiger partial charge is 0.573 e. The second kappa shape index (κ2) is 8.29. The summed E-state index contributed by atoms with van der Waals surface area (Å²) in [7, 11) is 4.88. The smallest absolute Gasteiger partial charge is 0.493 e. The van der Waals surface area contributed by atoms with Gasteiger partial charge in [0.15, 0.2) is 11.5 Å². The summed E-state index contributed by atoms with van der Waals surface area (Å²) in [6.45, 7) is 0. The highest BCUT2D eigenvalue weighted by Crippen LogP contribution is 2.34. The Morgan fingerprint density at radius 2 is 1.66 bits per heavy atom. The van der Waals surface area contributed by atoms with Crippen LogP contribution >= 0.6 is 0 Å². The van der Waals surface area contributed by atoms with Crippen LogP contribution in [0.2, 0.25) is 0 Å². The molecule has 0 bridgehead atoms. The average molecular weight is 444 g/mol. The number of methoxy groups -OCH3 is 2. The van der Waals surface area contributed by atoms with Crippen molar-refractivity contribution >= 4 is 17.3 Å². The molecule has 0 amide bonds. The van der Waals surface area contributed by atoms with E-state index in [1.54, 1.807) is 49.0 Å². The molecule has 0 saturated carbocycles. The van der Waals surface area contributed by atoms with E-state index in [2.05, 4.69) is 9.72 Å². The highest BCUT2D eigenvalue weighted by atomic mass is 19.4. The summed E-state index contributed by atoms with van der Waals surface area (Å²) in [5.41, 5.74) is 2.70. The van der Waals surface area contributed by atoms with Crippen molar-refractivity contribution in [2.24, 2.45) is 0 Å². The molecule has 4 rings (SSSR count). The van der Waals surface area contributed by atoms with Crippen LogP contribution in [0.3, 0.4) is 0 Å². The summed E-state index contributed by atoms with van der Waals surface area (Å²) >= 11 is 0. The number of nitrogens with zero attached hydrogens (tertiary/aromatic N) is 4. The zero-order valence-electron chi connectivity index (χ0n) is 17.4. The maximum Gasteiger partial charge on any atom is 0.573 e. The lowest BCUT2D eigenvalue weighted by atomic mass is 10.1. The van der Waals surface area contributed by atoms with E-state index >= 15 is 0 Å². The molecule has 0 N–H and O–H groups in total. The van der Waals surface area contributed by atoms with Gasteiger partial charge in [0.1, 0.15) is 11.4 Å². The number of benzene rings is 2. The summed E-state index contributed by atoms with van der Waals surface area (Å²) in [5.74, 6) is 1.38. The van der Waals surface area contributed by atoms with Gasteiger partial charge in [0.2, 0.25) is 5.95 Å². The number of aromatic nitrogens is 3. The topological polar surface area (TPSA) is 61.1 Å². The molecule has 32 heavy (non-hydrogen) atoms. The van der Waals surface area contributed by atoms with Crippen LogP contribution in [-0.2, 0) is 0 Å². The molecule has 0 atom stereocenters. The van der Waals surface area contributed by atoms with Crippen molar-refractivity contribution in [1.82, 2.24) is 14.4 Å². The number of hydrogen-bond acceptors (Lipinski definition) is 6. The van der Waals surface area contributed by atoms with Crippen molar-refractivity contribution in [3.05, 3.63) is 60.9 Å². The molecule has 2 aromatic heterocycles. The fourth-order valence-electron chi connectivity index (χ4n) is 3.27. The van der Waals surface area contributed by atoms with Gasteiger partial charge in [-0.25, -0.2) is 9.97 Å². The van der Waals surface area contributed by atoms with Gasteiger partial charge >= 0.3 is 6.36 Å². The van der Waals surface area contributed by atoms with Crippen LogP contribution in [0.15, 0.2) is 60.9 Å². The number of hydrogen-bond donors (Lipinski definition) is 0. The molecular weight excluding hydrogens is 425 g/mol.